The molecule has 0 radical (unpaired) electrons. The molecule has 2 atom stereocenters. The van der Waals surface area contributed by atoms with Crippen molar-refractivity contribution in [2.75, 3.05) is 6.61 Å². The second-order valence-electron chi connectivity index (χ2n) is 5.17. The van der Waals surface area contributed by atoms with Gasteiger partial charge < -0.3 is 4.74 Å². The van der Waals surface area contributed by atoms with E-state index >= 15 is 0 Å². The van der Waals surface area contributed by atoms with Crippen molar-refractivity contribution < 1.29 is 4.74 Å². The fourth-order valence-corrected chi connectivity index (χ4v) is 3.64. The zero-order chi connectivity index (χ0) is 13.3. The van der Waals surface area contributed by atoms with E-state index in [9.17, 15) is 0 Å². The van der Waals surface area contributed by atoms with Crippen LogP contribution < -0.4 is 0 Å². The fourth-order valence-electron chi connectivity index (χ4n) is 2.78. The summed E-state index contributed by atoms with van der Waals surface area (Å²) in [4.78, 5) is 0. The summed E-state index contributed by atoms with van der Waals surface area (Å²) in [6, 6.07) is 2.20. The first-order valence-corrected chi connectivity index (χ1v) is 7.77. The van der Waals surface area contributed by atoms with Crippen LogP contribution in [-0.4, -0.2) is 12.7 Å². The number of rotatable bonds is 2. The molecule has 1 nitrogen and oxygen atoms in total. The Labute approximate surface area is 123 Å². The van der Waals surface area contributed by atoms with Crippen molar-refractivity contribution in [3.8, 4) is 0 Å². The van der Waals surface area contributed by atoms with Crippen LogP contribution >= 0.6 is 27.5 Å². The number of aryl methyl sites for hydroxylation is 2. The van der Waals surface area contributed by atoms with Gasteiger partial charge in [-0.3, -0.25) is 0 Å². The lowest BCUT2D eigenvalue weighted by atomic mass is 9.92. The second-order valence-corrected chi connectivity index (χ2v) is 6.43. The summed E-state index contributed by atoms with van der Waals surface area (Å²) in [5.41, 5.74) is 5.02. The lowest BCUT2D eigenvalue weighted by Gasteiger charge is -2.29. The Balaban J connectivity index is 2.34. The third-order valence-electron chi connectivity index (χ3n) is 3.75. The van der Waals surface area contributed by atoms with Gasteiger partial charge in [0.1, 0.15) is 0 Å². The minimum Gasteiger partial charge on any atom is -0.376 e. The summed E-state index contributed by atoms with van der Waals surface area (Å²) >= 11 is 10.3. The molecule has 1 aliphatic rings. The highest BCUT2D eigenvalue weighted by atomic mass is 79.9. The number of hydrogen-bond donors (Lipinski definition) is 0. The highest BCUT2D eigenvalue weighted by molar-refractivity contribution is 9.10. The van der Waals surface area contributed by atoms with Gasteiger partial charge in [-0.2, -0.15) is 0 Å². The molecular formula is C15H20BrClO. The maximum atomic E-state index is 6.67. The Kier molecular flexibility index (Phi) is 4.74. The molecule has 0 N–H and O–H groups in total. The number of hydrogen-bond acceptors (Lipinski definition) is 1. The van der Waals surface area contributed by atoms with Gasteiger partial charge in [-0.15, -0.1) is 11.6 Å². The second kappa shape index (κ2) is 5.94. The summed E-state index contributed by atoms with van der Waals surface area (Å²) in [5, 5.41) is -0.0396. The van der Waals surface area contributed by atoms with Crippen molar-refractivity contribution in [2.24, 2.45) is 0 Å². The highest BCUT2D eigenvalue weighted by Gasteiger charge is 2.27. The molecule has 0 aromatic heterocycles. The van der Waals surface area contributed by atoms with Crippen LogP contribution in [0.1, 0.15) is 46.9 Å². The fraction of sp³-hybridized carbons (Fsp3) is 0.600. The molecule has 0 amide bonds. The predicted octanol–water partition coefficient (Wildman–Crippen LogP) is 5.22. The van der Waals surface area contributed by atoms with Crippen molar-refractivity contribution in [2.45, 2.75) is 51.5 Å². The zero-order valence-electron chi connectivity index (χ0n) is 11.2. The van der Waals surface area contributed by atoms with Gasteiger partial charge in [0.2, 0.25) is 0 Å². The van der Waals surface area contributed by atoms with E-state index in [1.165, 1.54) is 33.1 Å². The first-order valence-electron chi connectivity index (χ1n) is 6.54. The monoisotopic (exact) mass is 330 g/mol. The molecule has 0 saturated carbocycles. The third kappa shape index (κ3) is 2.76. The Morgan fingerprint density at radius 3 is 2.61 bits per heavy atom. The van der Waals surface area contributed by atoms with Crippen LogP contribution in [0.5, 0.6) is 0 Å². The largest absolute Gasteiger partial charge is 0.376 e. The summed E-state index contributed by atoms with van der Waals surface area (Å²) in [6.45, 7) is 7.24. The molecule has 1 aliphatic heterocycles. The van der Waals surface area contributed by atoms with Gasteiger partial charge in [0.05, 0.1) is 11.5 Å². The molecule has 3 heteroatoms. The molecule has 0 aliphatic carbocycles. The van der Waals surface area contributed by atoms with E-state index < -0.39 is 0 Å². The van der Waals surface area contributed by atoms with Gasteiger partial charge >= 0.3 is 0 Å². The molecule has 1 heterocycles. The molecule has 0 bridgehead atoms. The van der Waals surface area contributed by atoms with Crippen molar-refractivity contribution >= 4 is 27.5 Å². The van der Waals surface area contributed by atoms with Gasteiger partial charge in [0.25, 0.3) is 0 Å². The first-order chi connectivity index (χ1) is 8.52. The molecule has 18 heavy (non-hydrogen) atoms. The van der Waals surface area contributed by atoms with Gasteiger partial charge in [-0.05, 0) is 62.3 Å². The number of alkyl halides is 1. The minimum absolute atomic E-state index is 0.0396. The molecule has 2 unspecified atom stereocenters. The van der Waals surface area contributed by atoms with Crippen molar-refractivity contribution in [1.82, 2.24) is 0 Å². The van der Waals surface area contributed by atoms with Crippen LogP contribution in [0.25, 0.3) is 0 Å². The van der Waals surface area contributed by atoms with E-state index in [2.05, 4.69) is 42.8 Å². The number of halogens is 2. The average molecular weight is 332 g/mol. The van der Waals surface area contributed by atoms with Crippen LogP contribution in [0, 0.1) is 20.8 Å². The van der Waals surface area contributed by atoms with Crippen molar-refractivity contribution in [3.05, 3.63) is 32.8 Å². The molecule has 1 aromatic rings. The van der Waals surface area contributed by atoms with E-state index in [4.69, 9.17) is 16.3 Å². The molecule has 1 fully saturated rings. The molecule has 1 aromatic carbocycles. The van der Waals surface area contributed by atoms with Gasteiger partial charge in [0.15, 0.2) is 0 Å². The van der Waals surface area contributed by atoms with Crippen LogP contribution in [-0.2, 0) is 4.74 Å². The predicted molar refractivity (Wildman–Crippen MR) is 80.5 cm³/mol. The number of ether oxygens (including phenoxy) is 1. The molecular weight excluding hydrogens is 312 g/mol. The summed E-state index contributed by atoms with van der Waals surface area (Å²) < 4.78 is 7.00. The smallest absolute Gasteiger partial charge is 0.0852 e. The average Bonchev–Trinajstić information content (AvgIpc) is 2.37. The Hall–Kier alpha value is -0.0500. The van der Waals surface area contributed by atoms with Gasteiger partial charge in [-0.25, -0.2) is 0 Å². The molecule has 100 valence electrons. The minimum atomic E-state index is -0.0396. The Morgan fingerprint density at radius 2 is 2.00 bits per heavy atom. The SMILES string of the molecule is Cc1cc(C)c(C(Cl)C2CCCCO2)c(C)c1Br. The van der Waals surface area contributed by atoms with Gasteiger partial charge in [-0.1, -0.05) is 22.0 Å². The van der Waals surface area contributed by atoms with Crippen molar-refractivity contribution in [1.29, 1.82) is 0 Å². The first kappa shape index (κ1) is 14.4. The summed E-state index contributed by atoms with van der Waals surface area (Å²) in [7, 11) is 0. The molecule has 0 spiro atoms. The quantitative estimate of drug-likeness (QED) is 0.675. The number of benzene rings is 1. The van der Waals surface area contributed by atoms with E-state index in [1.807, 2.05) is 0 Å². The van der Waals surface area contributed by atoms with Crippen LogP contribution in [0.4, 0.5) is 0 Å². The molecule has 2 rings (SSSR count). The van der Waals surface area contributed by atoms with E-state index in [0.717, 1.165) is 19.4 Å². The summed E-state index contributed by atoms with van der Waals surface area (Å²) in [6.07, 6.45) is 3.61. The Morgan fingerprint density at radius 1 is 1.28 bits per heavy atom. The normalized spacial score (nSPS) is 21.9. The third-order valence-corrected chi connectivity index (χ3v) is 5.47. The van der Waals surface area contributed by atoms with Gasteiger partial charge in [0, 0.05) is 11.1 Å². The van der Waals surface area contributed by atoms with Crippen LogP contribution in [0.3, 0.4) is 0 Å². The standard InChI is InChI=1S/C15H20BrClO/c1-9-8-10(2)14(16)11(3)13(9)15(17)12-6-4-5-7-18-12/h8,12,15H,4-7H2,1-3H3. The lowest BCUT2D eigenvalue weighted by molar-refractivity contribution is 0.0134. The van der Waals surface area contributed by atoms with E-state index in [0.29, 0.717) is 0 Å². The van der Waals surface area contributed by atoms with Crippen molar-refractivity contribution in [3.63, 3.8) is 0 Å². The lowest BCUT2D eigenvalue weighted by Crippen LogP contribution is -2.24. The van der Waals surface area contributed by atoms with Crippen LogP contribution in [0.2, 0.25) is 0 Å². The zero-order valence-corrected chi connectivity index (χ0v) is 13.6. The topological polar surface area (TPSA) is 9.23 Å². The maximum absolute atomic E-state index is 6.67. The van der Waals surface area contributed by atoms with E-state index in [1.54, 1.807) is 0 Å². The summed E-state index contributed by atoms with van der Waals surface area (Å²) in [5.74, 6) is 0. The molecule has 1 saturated heterocycles. The van der Waals surface area contributed by atoms with Crippen LogP contribution in [0.15, 0.2) is 10.5 Å². The van der Waals surface area contributed by atoms with E-state index in [-0.39, 0.29) is 11.5 Å². The highest BCUT2D eigenvalue weighted by Crippen LogP contribution is 2.38. The maximum Gasteiger partial charge on any atom is 0.0852 e. The Bertz CT molecular complexity index is 439.